The van der Waals surface area contributed by atoms with Gasteiger partial charge in [-0.1, -0.05) is 11.5 Å². The smallest absolute Gasteiger partial charge is 0.308 e. The lowest BCUT2D eigenvalue weighted by molar-refractivity contribution is -0.164. The van der Waals surface area contributed by atoms with Gasteiger partial charge in [0, 0.05) is 6.42 Å². The highest BCUT2D eigenvalue weighted by Gasteiger charge is 2.33. The van der Waals surface area contributed by atoms with Gasteiger partial charge in [0.1, 0.15) is 22.6 Å². The molecule has 11 nitrogen and oxygen atoms in total. The van der Waals surface area contributed by atoms with E-state index in [-0.39, 0.29) is 48.3 Å². The number of Topliss-reactive ketones (excluding diaryl/α,β-unsaturated/α-hetero) is 1. The molecule has 0 spiro atoms. The summed E-state index contributed by atoms with van der Waals surface area (Å²) in [5.41, 5.74) is 1.34. The molecule has 41 heavy (non-hydrogen) atoms. The van der Waals surface area contributed by atoms with Crippen molar-refractivity contribution in [1.82, 2.24) is 0 Å². The second-order valence-electron chi connectivity index (χ2n) is 9.56. The Morgan fingerprint density at radius 3 is 2.02 bits per heavy atom. The molecule has 226 valence electrons. The summed E-state index contributed by atoms with van der Waals surface area (Å²) >= 11 is 0. The van der Waals surface area contributed by atoms with E-state index >= 15 is 0 Å². The molecule has 1 aliphatic heterocycles. The number of hydrogen-bond donors (Lipinski definition) is 0. The molecule has 2 aromatic rings. The summed E-state index contributed by atoms with van der Waals surface area (Å²) in [6.07, 6.45) is 1.10. The van der Waals surface area contributed by atoms with Crippen LogP contribution in [0.1, 0.15) is 62.9 Å². The van der Waals surface area contributed by atoms with Crippen molar-refractivity contribution in [2.75, 3.05) is 46.5 Å². The quantitative estimate of drug-likeness (QED) is 0.197. The van der Waals surface area contributed by atoms with Crippen molar-refractivity contribution in [1.29, 1.82) is 0 Å². The summed E-state index contributed by atoms with van der Waals surface area (Å²) in [5.74, 6) is 0.368. The first kappa shape index (κ1) is 32.6. The van der Waals surface area contributed by atoms with E-state index in [0.29, 0.717) is 42.1 Å². The molecule has 3 atom stereocenters. The first-order valence-electron chi connectivity index (χ1n) is 13.3. The van der Waals surface area contributed by atoms with Gasteiger partial charge in [0.15, 0.2) is 32.8 Å². The van der Waals surface area contributed by atoms with Crippen LogP contribution in [0.15, 0.2) is 29.2 Å². The first-order valence-corrected chi connectivity index (χ1v) is 16.3. The maximum absolute atomic E-state index is 13.3. The van der Waals surface area contributed by atoms with Crippen molar-refractivity contribution >= 4 is 23.6 Å². The van der Waals surface area contributed by atoms with Crippen LogP contribution in [0.3, 0.4) is 0 Å². The van der Waals surface area contributed by atoms with Crippen LogP contribution in [0.4, 0.5) is 0 Å². The highest BCUT2D eigenvalue weighted by atomic mass is 32.2. The van der Waals surface area contributed by atoms with E-state index < -0.39 is 35.5 Å². The molecule has 0 amide bonds. The van der Waals surface area contributed by atoms with Gasteiger partial charge in [-0.15, -0.1) is 0 Å². The molecule has 1 fully saturated rings. The van der Waals surface area contributed by atoms with Gasteiger partial charge in [0.25, 0.3) is 0 Å². The number of carbonyl (C=O) groups excluding carboxylic acids is 1. The summed E-state index contributed by atoms with van der Waals surface area (Å²) in [6, 6.07) is 6.77. The van der Waals surface area contributed by atoms with Gasteiger partial charge in [-0.25, -0.2) is 8.42 Å². The van der Waals surface area contributed by atoms with Gasteiger partial charge in [0.05, 0.1) is 46.8 Å². The summed E-state index contributed by atoms with van der Waals surface area (Å²) in [5, 5.41) is 0. The predicted octanol–water partition coefficient (Wildman–Crippen LogP) is 4.33. The van der Waals surface area contributed by atoms with Crippen LogP contribution in [0.5, 0.6) is 28.7 Å². The fourth-order valence-corrected chi connectivity index (χ4v) is 6.44. The average molecular weight is 613 g/mol. The normalized spacial score (nSPS) is 17.2. The standard InChI is InChI=1S/C28H37O11PS/c1-6-10-38-28-25(37-11-7-12-40(30)31)15-20(16-26(28)41(32,33)17-18(2)29)22-9-8-21(39-22)19-13-23(34-3)27(36-5)24(14-19)35-4/h13-16,21-22H,6-12,17H2,1-5H3/t21-,22-/m0/s1. The van der Waals surface area contributed by atoms with Crippen molar-refractivity contribution in [2.24, 2.45) is 0 Å². The monoisotopic (exact) mass is 612 g/mol. The molecule has 0 N–H and O–H groups in total. The summed E-state index contributed by atoms with van der Waals surface area (Å²) < 4.78 is 72.1. The molecular formula is C28H37O11PS. The molecule has 1 heterocycles. The SMILES string of the molecule is CCCOc1c(OCCC[P+](=O)[O-])cc([C@@H]2CC[C@@H](c3cc(OC)c(OC)c(OC)c3)O2)cc1S(=O)(=O)CC(C)=O. The van der Waals surface area contributed by atoms with E-state index in [4.69, 9.17) is 28.4 Å². The van der Waals surface area contributed by atoms with E-state index in [9.17, 15) is 22.7 Å². The van der Waals surface area contributed by atoms with E-state index in [1.807, 2.05) is 19.1 Å². The number of ether oxygens (including phenoxy) is 6. The third kappa shape index (κ3) is 8.31. The largest absolute Gasteiger partial charge is 0.596 e. The van der Waals surface area contributed by atoms with Crippen LogP contribution in [0, 0.1) is 0 Å². The Hall–Kier alpha value is -2.92. The minimum Gasteiger partial charge on any atom is -0.596 e. The molecule has 2 aromatic carbocycles. The Balaban J connectivity index is 2.02. The summed E-state index contributed by atoms with van der Waals surface area (Å²) in [6.45, 7) is 3.32. The Kier molecular flexibility index (Phi) is 11.8. The predicted molar refractivity (Wildman–Crippen MR) is 149 cm³/mol. The third-order valence-corrected chi connectivity index (χ3v) is 8.86. The number of methoxy groups -OCH3 is 3. The maximum Gasteiger partial charge on any atom is 0.308 e. The summed E-state index contributed by atoms with van der Waals surface area (Å²) in [4.78, 5) is 22.7. The molecule has 1 saturated heterocycles. The molecule has 13 heteroatoms. The molecule has 0 aromatic heterocycles. The van der Waals surface area contributed by atoms with Gasteiger partial charge in [-0.3, -0.25) is 4.79 Å². The second-order valence-corrected chi connectivity index (χ2v) is 12.6. The number of ketones is 1. The molecule has 1 unspecified atom stereocenters. The number of carbonyl (C=O) groups is 1. The zero-order valence-corrected chi connectivity index (χ0v) is 25.7. The van der Waals surface area contributed by atoms with Crippen molar-refractivity contribution in [2.45, 2.75) is 56.6 Å². The van der Waals surface area contributed by atoms with Crippen molar-refractivity contribution in [3.8, 4) is 28.7 Å². The molecular weight excluding hydrogens is 575 g/mol. The van der Waals surface area contributed by atoms with Gasteiger partial charge in [-0.2, -0.15) is 0 Å². The lowest BCUT2D eigenvalue weighted by Gasteiger charge is -2.21. The summed E-state index contributed by atoms with van der Waals surface area (Å²) in [7, 11) is -2.08. The molecule has 0 saturated carbocycles. The van der Waals surface area contributed by atoms with Crippen LogP contribution in [0.2, 0.25) is 0 Å². The van der Waals surface area contributed by atoms with Gasteiger partial charge >= 0.3 is 8.03 Å². The highest BCUT2D eigenvalue weighted by Crippen LogP contribution is 2.48. The Morgan fingerprint density at radius 2 is 1.51 bits per heavy atom. The molecule has 0 aliphatic carbocycles. The van der Waals surface area contributed by atoms with Gasteiger partial charge < -0.3 is 33.3 Å². The van der Waals surface area contributed by atoms with Crippen molar-refractivity contribution < 1.29 is 51.1 Å². The highest BCUT2D eigenvalue weighted by molar-refractivity contribution is 7.92. The zero-order chi connectivity index (χ0) is 30.2. The van der Waals surface area contributed by atoms with Gasteiger partial charge in [0.2, 0.25) is 5.75 Å². The Morgan fingerprint density at radius 1 is 0.927 bits per heavy atom. The Bertz CT molecular complexity index is 1320. The minimum atomic E-state index is -4.08. The molecule has 3 rings (SSSR count). The van der Waals surface area contributed by atoms with E-state index in [1.54, 1.807) is 6.07 Å². The first-order chi connectivity index (χ1) is 19.5. The Labute approximate surface area is 241 Å². The average Bonchev–Trinajstić information content (AvgIpc) is 3.43. The van der Waals surface area contributed by atoms with E-state index in [2.05, 4.69) is 0 Å². The topological polar surface area (TPSA) is 147 Å². The molecule has 0 bridgehead atoms. The lowest BCUT2D eigenvalue weighted by atomic mass is 10.0. The molecule has 1 aliphatic rings. The van der Waals surface area contributed by atoms with Crippen molar-refractivity contribution in [3.05, 3.63) is 35.4 Å². The van der Waals surface area contributed by atoms with E-state index in [0.717, 1.165) is 5.56 Å². The van der Waals surface area contributed by atoms with Crippen molar-refractivity contribution in [3.63, 3.8) is 0 Å². The number of rotatable bonds is 16. The van der Waals surface area contributed by atoms with Crippen LogP contribution >= 0.6 is 8.03 Å². The van der Waals surface area contributed by atoms with Crippen LogP contribution in [-0.2, 0) is 23.9 Å². The zero-order valence-electron chi connectivity index (χ0n) is 24.0. The number of sulfone groups is 1. The van der Waals surface area contributed by atoms with Gasteiger partial charge in [-0.05, 0) is 61.6 Å². The lowest BCUT2D eigenvalue weighted by Crippen LogP contribution is -2.16. The van der Waals surface area contributed by atoms with Crippen LogP contribution in [0.25, 0.3) is 0 Å². The number of benzene rings is 2. The fourth-order valence-electron chi connectivity index (χ4n) is 4.60. The number of hydrogen-bond acceptors (Lipinski definition) is 11. The van der Waals surface area contributed by atoms with Crippen LogP contribution < -0.4 is 28.6 Å². The maximum atomic E-state index is 13.3. The van der Waals surface area contributed by atoms with E-state index in [1.165, 1.54) is 34.3 Å². The second kappa shape index (κ2) is 14.8. The van der Waals surface area contributed by atoms with Crippen LogP contribution in [-0.4, -0.2) is 60.7 Å². The fraction of sp³-hybridized carbons (Fsp3) is 0.536. The molecule has 0 radical (unpaired) electrons. The minimum absolute atomic E-state index is 0.00235. The third-order valence-electron chi connectivity index (χ3n) is 6.41.